The quantitative estimate of drug-likeness (QED) is 0.519. The molecule has 0 aliphatic heterocycles. The molecule has 130 valence electrons. The van der Waals surface area contributed by atoms with Crippen LogP contribution in [0.25, 0.3) is 21.7 Å². The number of carbonyl (C=O) groups is 1. The molecule has 0 saturated carbocycles. The van der Waals surface area contributed by atoms with Gasteiger partial charge in [0.2, 0.25) is 5.91 Å². The van der Waals surface area contributed by atoms with Crippen LogP contribution in [0.2, 0.25) is 0 Å². The van der Waals surface area contributed by atoms with Crippen molar-refractivity contribution in [3.63, 3.8) is 0 Å². The molecule has 3 nitrogen and oxygen atoms in total. The van der Waals surface area contributed by atoms with Crippen LogP contribution in [0.4, 0.5) is 0 Å². The highest BCUT2D eigenvalue weighted by molar-refractivity contribution is 5.87. The number of para-hydroxylation sites is 1. The van der Waals surface area contributed by atoms with E-state index in [2.05, 4.69) is 46.7 Å². The van der Waals surface area contributed by atoms with E-state index < -0.39 is 0 Å². The number of hydrogen-bond acceptors (Lipinski definition) is 1. The number of carbonyl (C=O) groups excluding carboxylic acids is 1. The fourth-order valence-corrected chi connectivity index (χ4v) is 3.61. The number of aromatic amines is 1. The highest BCUT2D eigenvalue weighted by atomic mass is 16.1. The maximum absolute atomic E-state index is 12.5. The molecule has 1 amide bonds. The zero-order valence-corrected chi connectivity index (χ0v) is 14.8. The average Bonchev–Trinajstić information content (AvgIpc) is 3.09. The number of aryl methyl sites for hydroxylation is 1. The highest BCUT2D eigenvalue weighted by Gasteiger charge is 2.13. The van der Waals surface area contributed by atoms with Crippen molar-refractivity contribution >= 4 is 27.6 Å². The maximum Gasteiger partial charge on any atom is 0.220 e. The normalized spacial score (nSPS) is 12.3. The molecule has 4 rings (SSSR count). The molecule has 0 unspecified atom stereocenters. The van der Waals surface area contributed by atoms with Crippen LogP contribution in [0.1, 0.15) is 30.5 Å². The molecule has 0 aliphatic rings. The Morgan fingerprint density at radius 1 is 0.962 bits per heavy atom. The number of benzene rings is 3. The topological polar surface area (TPSA) is 44.9 Å². The van der Waals surface area contributed by atoms with Crippen molar-refractivity contribution in [3.05, 3.63) is 84.1 Å². The zero-order chi connectivity index (χ0) is 17.9. The van der Waals surface area contributed by atoms with Crippen molar-refractivity contribution in [1.82, 2.24) is 10.3 Å². The van der Waals surface area contributed by atoms with Crippen molar-refractivity contribution < 1.29 is 4.79 Å². The molecule has 0 saturated heterocycles. The second-order valence-electron chi connectivity index (χ2n) is 6.72. The van der Waals surface area contributed by atoms with E-state index in [1.165, 1.54) is 21.7 Å². The molecule has 0 spiro atoms. The summed E-state index contributed by atoms with van der Waals surface area (Å²) < 4.78 is 0. The lowest BCUT2D eigenvalue weighted by molar-refractivity contribution is -0.121. The van der Waals surface area contributed by atoms with Gasteiger partial charge in [-0.1, -0.05) is 60.7 Å². The summed E-state index contributed by atoms with van der Waals surface area (Å²) in [6.45, 7) is 2.05. The maximum atomic E-state index is 12.5. The first-order valence-electron chi connectivity index (χ1n) is 9.04. The summed E-state index contributed by atoms with van der Waals surface area (Å²) >= 11 is 0. The van der Waals surface area contributed by atoms with Crippen LogP contribution in [-0.2, 0) is 11.2 Å². The van der Waals surface area contributed by atoms with Gasteiger partial charge >= 0.3 is 0 Å². The Kier molecular flexibility index (Phi) is 4.44. The molecular weight excluding hydrogens is 320 g/mol. The van der Waals surface area contributed by atoms with Crippen LogP contribution in [0, 0.1) is 0 Å². The van der Waals surface area contributed by atoms with Crippen LogP contribution in [0.3, 0.4) is 0 Å². The van der Waals surface area contributed by atoms with E-state index in [4.69, 9.17) is 0 Å². The SMILES string of the molecule is C[C@@H](NC(=O)CCc1c[nH]c2ccccc12)c1cccc2ccccc12. The predicted octanol–water partition coefficient (Wildman–Crippen LogP) is 5.13. The zero-order valence-electron chi connectivity index (χ0n) is 14.8. The molecule has 1 heterocycles. The second-order valence-corrected chi connectivity index (χ2v) is 6.72. The minimum absolute atomic E-state index is 0.0171. The van der Waals surface area contributed by atoms with E-state index in [0.29, 0.717) is 6.42 Å². The first-order valence-corrected chi connectivity index (χ1v) is 9.04. The molecule has 4 aromatic rings. The summed E-state index contributed by atoms with van der Waals surface area (Å²) in [5.41, 5.74) is 3.46. The van der Waals surface area contributed by atoms with E-state index >= 15 is 0 Å². The lowest BCUT2D eigenvalue weighted by atomic mass is 9.99. The number of fused-ring (bicyclic) bond motifs is 2. The Hall–Kier alpha value is -3.07. The van der Waals surface area contributed by atoms with Gasteiger partial charge < -0.3 is 10.3 Å². The first-order chi connectivity index (χ1) is 12.7. The molecular formula is C23H22N2O. The smallest absolute Gasteiger partial charge is 0.220 e. The molecule has 0 bridgehead atoms. The van der Waals surface area contributed by atoms with Gasteiger partial charge in [0.05, 0.1) is 6.04 Å². The Balaban J connectivity index is 1.44. The van der Waals surface area contributed by atoms with E-state index in [-0.39, 0.29) is 11.9 Å². The summed E-state index contributed by atoms with van der Waals surface area (Å²) in [4.78, 5) is 15.7. The van der Waals surface area contributed by atoms with Gasteiger partial charge in [-0.3, -0.25) is 4.79 Å². The van der Waals surface area contributed by atoms with Crippen LogP contribution < -0.4 is 5.32 Å². The summed E-state index contributed by atoms with van der Waals surface area (Å²) in [5, 5.41) is 6.74. The Bertz CT molecular complexity index is 1060. The monoisotopic (exact) mass is 342 g/mol. The van der Waals surface area contributed by atoms with Crippen LogP contribution >= 0.6 is 0 Å². The third-order valence-electron chi connectivity index (χ3n) is 4.96. The number of amides is 1. The lowest BCUT2D eigenvalue weighted by Gasteiger charge is -2.16. The van der Waals surface area contributed by atoms with Crippen LogP contribution in [0.15, 0.2) is 72.9 Å². The first kappa shape index (κ1) is 16.4. The minimum atomic E-state index is -0.0171. The van der Waals surface area contributed by atoms with E-state index in [9.17, 15) is 4.79 Å². The van der Waals surface area contributed by atoms with Gasteiger partial charge in [-0.05, 0) is 41.3 Å². The van der Waals surface area contributed by atoms with Crippen molar-refractivity contribution in [1.29, 1.82) is 0 Å². The summed E-state index contributed by atoms with van der Waals surface area (Å²) in [7, 11) is 0. The molecule has 2 N–H and O–H groups in total. The number of rotatable bonds is 5. The number of hydrogen-bond donors (Lipinski definition) is 2. The summed E-state index contributed by atoms with van der Waals surface area (Å²) in [5.74, 6) is 0.0794. The Labute approximate surface area is 153 Å². The fourth-order valence-electron chi connectivity index (χ4n) is 3.61. The van der Waals surface area contributed by atoms with Crippen molar-refractivity contribution in [2.75, 3.05) is 0 Å². The van der Waals surface area contributed by atoms with Gasteiger partial charge in [-0.15, -0.1) is 0 Å². The van der Waals surface area contributed by atoms with Gasteiger partial charge in [0.1, 0.15) is 0 Å². The molecule has 3 aromatic carbocycles. The number of H-pyrrole nitrogens is 1. The van der Waals surface area contributed by atoms with Gasteiger partial charge in [0.15, 0.2) is 0 Å². The van der Waals surface area contributed by atoms with Gasteiger partial charge in [-0.25, -0.2) is 0 Å². The van der Waals surface area contributed by atoms with Crippen LogP contribution in [0.5, 0.6) is 0 Å². The molecule has 0 fully saturated rings. The lowest BCUT2D eigenvalue weighted by Crippen LogP contribution is -2.26. The second kappa shape index (κ2) is 7.04. The molecule has 1 aromatic heterocycles. The highest BCUT2D eigenvalue weighted by Crippen LogP contribution is 2.24. The molecule has 0 radical (unpaired) electrons. The standard InChI is InChI=1S/C23H22N2O/c1-16(19-11-6-8-17-7-2-3-9-20(17)19)25-23(26)14-13-18-15-24-22-12-5-4-10-21(18)22/h2-12,15-16,24H,13-14H2,1H3,(H,25,26)/t16-/m1/s1. The van der Waals surface area contributed by atoms with Crippen molar-refractivity contribution in [2.45, 2.75) is 25.8 Å². The minimum Gasteiger partial charge on any atom is -0.361 e. The summed E-state index contributed by atoms with van der Waals surface area (Å²) in [6, 6.07) is 22.7. The van der Waals surface area contributed by atoms with E-state index in [1.807, 2.05) is 43.5 Å². The van der Waals surface area contributed by atoms with Gasteiger partial charge in [0.25, 0.3) is 0 Å². The third-order valence-corrected chi connectivity index (χ3v) is 4.96. The molecule has 26 heavy (non-hydrogen) atoms. The predicted molar refractivity (Wildman–Crippen MR) is 107 cm³/mol. The summed E-state index contributed by atoms with van der Waals surface area (Å²) in [6.07, 6.45) is 3.22. The molecule has 1 atom stereocenters. The average molecular weight is 342 g/mol. The molecule has 3 heteroatoms. The number of nitrogens with one attached hydrogen (secondary N) is 2. The van der Waals surface area contributed by atoms with Crippen molar-refractivity contribution in [2.24, 2.45) is 0 Å². The Morgan fingerprint density at radius 3 is 2.58 bits per heavy atom. The van der Waals surface area contributed by atoms with Crippen molar-refractivity contribution in [3.8, 4) is 0 Å². The van der Waals surface area contributed by atoms with E-state index in [0.717, 1.165) is 17.5 Å². The van der Waals surface area contributed by atoms with Crippen LogP contribution in [-0.4, -0.2) is 10.9 Å². The largest absolute Gasteiger partial charge is 0.361 e. The van der Waals surface area contributed by atoms with Gasteiger partial charge in [-0.2, -0.15) is 0 Å². The van der Waals surface area contributed by atoms with E-state index in [1.54, 1.807) is 0 Å². The molecule has 0 aliphatic carbocycles. The van der Waals surface area contributed by atoms with Gasteiger partial charge in [0, 0.05) is 23.5 Å². The third kappa shape index (κ3) is 3.21. The Morgan fingerprint density at radius 2 is 1.69 bits per heavy atom. The number of aromatic nitrogens is 1. The fraction of sp³-hybridized carbons (Fsp3) is 0.174.